The van der Waals surface area contributed by atoms with Crippen LogP contribution in [0.15, 0.2) is 41.3 Å². The van der Waals surface area contributed by atoms with E-state index >= 15 is 0 Å². The van der Waals surface area contributed by atoms with Crippen LogP contribution in [0.5, 0.6) is 5.75 Å². The lowest BCUT2D eigenvalue weighted by Crippen LogP contribution is -2.40. The molecule has 0 spiro atoms. The van der Waals surface area contributed by atoms with Crippen LogP contribution in [0.1, 0.15) is 10.4 Å². The molecule has 0 aliphatic carbocycles. The number of carbonyl (C=O) groups is 1. The molecule has 1 aliphatic rings. The van der Waals surface area contributed by atoms with E-state index in [-0.39, 0.29) is 28.8 Å². The van der Waals surface area contributed by atoms with Crippen LogP contribution < -0.4 is 10.1 Å². The molecule has 10 heteroatoms. The number of amides is 1. The van der Waals surface area contributed by atoms with Crippen molar-refractivity contribution in [3.05, 3.63) is 52.0 Å². The second kappa shape index (κ2) is 8.67. The molecular weight excluding hydrogens is 427 g/mol. The smallest absolute Gasteiger partial charge is 0.255 e. The summed E-state index contributed by atoms with van der Waals surface area (Å²) in [5.74, 6) is -0.252. The van der Waals surface area contributed by atoms with Crippen molar-refractivity contribution in [2.45, 2.75) is 4.90 Å². The molecule has 0 bridgehead atoms. The van der Waals surface area contributed by atoms with Gasteiger partial charge in [0.1, 0.15) is 10.6 Å². The highest BCUT2D eigenvalue weighted by molar-refractivity contribution is 7.89. The zero-order chi connectivity index (χ0) is 20.3. The van der Waals surface area contributed by atoms with E-state index in [9.17, 15) is 13.2 Å². The van der Waals surface area contributed by atoms with Gasteiger partial charge in [0.2, 0.25) is 10.0 Å². The highest BCUT2D eigenvalue weighted by atomic mass is 35.5. The lowest BCUT2D eigenvalue weighted by Gasteiger charge is -2.26. The molecule has 1 amide bonds. The number of hydrogen-bond donors (Lipinski definition) is 1. The summed E-state index contributed by atoms with van der Waals surface area (Å²) in [5.41, 5.74) is 0.603. The third-order valence-corrected chi connectivity index (χ3v) is 6.85. The minimum Gasteiger partial charge on any atom is -0.495 e. The summed E-state index contributed by atoms with van der Waals surface area (Å²) in [5, 5.41) is 3.25. The van der Waals surface area contributed by atoms with Gasteiger partial charge in [0.15, 0.2) is 0 Å². The van der Waals surface area contributed by atoms with E-state index in [1.54, 1.807) is 6.07 Å². The first-order valence-electron chi connectivity index (χ1n) is 8.35. The first kappa shape index (κ1) is 20.9. The van der Waals surface area contributed by atoms with Crippen molar-refractivity contribution >= 4 is 44.8 Å². The monoisotopic (exact) mass is 444 g/mol. The summed E-state index contributed by atoms with van der Waals surface area (Å²) >= 11 is 11.8. The third-order valence-electron chi connectivity index (χ3n) is 4.19. The first-order chi connectivity index (χ1) is 13.3. The fourth-order valence-electron chi connectivity index (χ4n) is 2.72. The van der Waals surface area contributed by atoms with Gasteiger partial charge in [0.25, 0.3) is 5.91 Å². The number of benzene rings is 2. The van der Waals surface area contributed by atoms with Crippen LogP contribution in [0.2, 0.25) is 10.0 Å². The molecule has 1 N–H and O–H groups in total. The van der Waals surface area contributed by atoms with Gasteiger partial charge in [0, 0.05) is 24.3 Å². The molecule has 2 aromatic rings. The van der Waals surface area contributed by atoms with Gasteiger partial charge in [0.05, 0.1) is 30.4 Å². The number of anilines is 1. The molecule has 0 radical (unpaired) electrons. The average Bonchev–Trinajstić information content (AvgIpc) is 2.70. The van der Waals surface area contributed by atoms with E-state index in [1.165, 1.54) is 41.7 Å². The first-order valence-corrected chi connectivity index (χ1v) is 10.5. The lowest BCUT2D eigenvalue weighted by molar-refractivity contribution is 0.0729. The third kappa shape index (κ3) is 4.42. The van der Waals surface area contributed by atoms with Gasteiger partial charge in [-0.1, -0.05) is 23.2 Å². The minimum atomic E-state index is -3.80. The Morgan fingerprint density at radius 2 is 1.82 bits per heavy atom. The number of methoxy groups -OCH3 is 1. The Morgan fingerprint density at radius 3 is 2.46 bits per heavy atom. The predicted molar refractivity (Wildman–Crippen MR) is 107 cm³/mol. The molecule has 150 valence electrons. The molecule has 0 saturated carbocycles. The molecule has 0 unspecified atom stereocenters. The number of nitrogens with one attached hydrogen (secondary N) is 1. The molecule has 3 rings (SSSR count). The number of nitrogens with zero attached hydrogens (tertiary/aromatic N) is 1. The van der Waals surface area contributed by atoms with Crippen LogP contribution >= 0.6 is 23.2 Å². The number of rotatable bonds is 5. The second-order valence-electron chi connectivity index (χ2n) is 5.97. The van der Waals surface area contributed by atoms with Crippen molar-refractivity contribution in [3.8, 4) is 5.75 Å². The Kier molecular flexibility index (Phi) is 6.47. The number of morpholine rings is 1. The largest absolute Gasteiger partial charge is 0.495 e. The Bertz CT molecular complexity index is 991. The Labute approximate surface area is 173 Å². The molecule has 1 aliphatic heterocycles. The van der Waals surface area contributed by atoms with Crippen LogP contribution in [0.4, 0.5) is 5.69 Å². The van der Waals surface area contributed by atoms with Crippen molar-refractivity contribution in [3.63, 3.8) is 0 Å². The van der Waals surface area contributed by atoms with Gasteiger partial charge in [-0.05, 0) is 36.4 Å². The molecule has 0 aromatic heterocycles. The van der Waals surface area contributed by atoms with E-state index in [0.717, 1.165) is 0 Å². The van der Waals surface area contributed by atoms with Crippen molar-refractivity contribution in [2.24, 2.45) is 0 Å². The quantitative estimate of drug-likeness (QED) is 0.764. The summed E-state index contributed by atoms with van der Waals surface area (Å²) in [6.45, 7) is 1.17. The minimum absolute atomic E-state index is 0.0242. The number of halogens is 2. The van der Waals surface area contributed by atoms with Gasteiger partial charge in [-0.3, -0.25) is 4.79 Å². The molecule has 2 aromatic carbocycles. The fraction of sp³-hybridized carbons (Fsp3) is 0.278. The van der Waals surface area contributed by atoms with Gasteiger partial charge >= 0.3 is 0 Å². The lowest BCUT2D eigenvalue weighted by atomic mass is 10.2. The van der Waals surface area contributed by atoms with Crippen LogP contribution in [0.3, 0.4) is 0 Å². The second-order valence-corrected chi connectivity index (χ2v) is 8.69. The van der Waals surface area contributed by atoms with Crippen molar-refractivity contribution in [1.82, 2.24) is 4.31 Å². The van der Waals surface area contributed by atoms with E-state index in [2.05, 4.69) is 5.32 Å². The van der Waals surface area contributed by atoms with E-state index in [4.69, 9.17) is 32.7 Å². The van der Waals surface area contributed by atoms with Crippen LogP contribution in [-0.4, -0.2) is 52.0 Å². The fourth-order valence-corrected chi connectivity index (χ4v) is 4.61. The summed E-state index contributed by atoms with van der Waals surface area (Å²) in [7, 11) is -2.41. The van der Waals surface area contributed by atoms with E-state index in [1.807, 2.05) is 0 Å². The molecule has 7 nitrogen and oxygen atoms in total. The predicted octanol–water partition coefficient (Wildman–Crippen LogP) is 3.28. The Balaban J connectivity index is 1.90. The summed E-state index contributed by atoms with van der Waals surface area (Å²) < 4.78 is 37.8. The van der Waals surface area contributed by atoms with Crippen LogP contribution in [0, 0.1) is 0 Å². The Morgan fingerprint density at radius 1 is 1.11 bits per heavy atom. The number of carbonyl (C=O) groups excluding carboxylic acids is 1. The average molecular weight is 445 g/mol. The van der Waals surface area contributed by atoms with E-state index in [0.29, 0.717) is 29.5 Å². The molecular formula is C18H18Cl2N2O5S. The molecule has 28 heavy (non-hydrogen) atoms. The number of hydrogen-bond acceptors (Lipinski definition) is 5. The Hall–Kier alpha value is -1.84. The molecule has 1 fully saturated rings. The van der Waals surface area contributed by atoms with Gasteiger partial charge in [-0.2, -0.15) is 4.31 Å². The summed E-state index contributed by atoms with van der Waals surface area (Å²) in [6, 6.07) is 8.91. The van der Waals surface area contributed by atoms with Crippen LogP contribution in [0.25, 0.3) is 0 Å². The van der Waals surface area contributed by atoms with Crippen molar-refractivity contribution in [1.29, 1.82) is 0 Å². The van der Waals surface area contributed by atoms with Gasteiger partial charge in [-0.15, -0.1) is 0 Å². The zero-order valence-corrected chi connectivity index (χ0v) is 17.3. The number of ether oxygens (including phenoxy) is 2. The normalized spacial score (nSPS) is 15.2. The summed E-state index contributed by atoms with van der Waals surface area (Å²) in [6.07, 6.45) is 0. The summed E-state index contributed by atoms with van der Waals surface area (Å²) in [4.78, 5) is 12.5. The maximum absolute atomic E-state index is 13.0. The topological polar surface area (TPSA) is 84.9 Å². The highest BCUT2D eigenvalue weighted by Gasteiger charge is 2.29. The van der Waals surface area contributed by atoms with Crippen molar-refractivity contribution in [2.75, 3.05) is 38.7 Å². The SMILES string of the molecule is COc1ccc(NC(=O)c2ccc(Cl)c(Cl)c2)cc1S(=O)(=O)N1CCOCC1. The van der Waals surface area contributed by atoms with Crippen molar-refractivity contribution < 1.29 is 22.7 Å². The van der Waals surface area contributed by atoms with E-state index < -0.39 is 15.9 Å². The molecule has 0 atom stereocenters. The zero-order valence-electron chi connectivity index (χ0n) is 14.9. The standard InChI is InChI=1S/C18H18Cl2N2O5S/c1-26-16-5-3-13(21-18(23)12-2-4-14(19)15(20)10-12)11-17(16)28(24,25)22-6-8-27-9-7-22/h2-5,10-11H,6-9H2,1H3,(H,21,23). The van der Waals surface area contributed by atoms with Gasteiger partial charge in [-0.25, -0.2) is 8.42 Å². The molecule has 1 heterocycles. The number of sulfonamides is 1. The van der Waals surface area contributed by atoms with Gasteiger partial charge < -0.3 is 14.8 Å². The highest BCUT2D eigenvalue weighted by Crippen LogP contribution is 2.30. The maximum atomic E-state index is 13.0. The molecule has 1 saturated heterocycles. The maximum Gasteiger partial charge on any atom is 0.255 e. The van der Waals surface area contributed by atoms with Crippen LogP contribution in [-0.2, 0) is 14.8 Å².